The SMILES string of the molecule is CCc1cccc(C)c1NC(=O)CSc1nnc(-c2cccnc2)n1-c1c(CC)cccc1CC. The van der Waals surface area contributed by atoms with Crippen LogP contribution in [0.4, 0.5) is 5.69 Å². The van der Waals surface area contributed by atoms with Crippen LogP contribution in [0.5, 0.6) is 0 Å². The van der Waals surface area contributed by atoms with Crippen LogP contribution in [0.1, 0.15) is 43.0 Å². The Labute approximate surface area is 211 Å². The second-order valence-electron chi connectivity index (χ2n) is 8.31. The molecule has 0 aliphatic carbocycles. The van der Waals surface area contributed by atoms with Crippen molar-refractivity contribution in [2.45, 2.75) is 52.1 Å². The van der Waals surface area contributed by atoms with E-state index in [-0.39, 0.29) is 11.7 Å². The highest BCUT2D eigenvalue weighted by molar-refractivity contribution is 7.99. The van der Waals surface area contributed by atoms with Gasteiger partial charge in [0.05, 0.1) is 11.4 Å². The number of benzene rings is 2. The van der Waals surface area contributed by atoms with Crippen molar-refractivity contribution in [2.75, 3.05) is 11.1 Å². The summed E-state index contributed by atoms with van der Waals surface area (Å²) in [5, 5.41) is 12.9. The molecule has 7 heteroatoms. The van der Waals surface area contributed by atoms with Crippen LogP contribution in [-0.4, -0.2) is 31.4 Å². The number of amides is 1. The molecule has 0 aliphatic heterocycles. The van der Waals surface area contributed by atoms with Crippen LogP contribution in [0.15, 0.2) is 66.1 Å². The molecule has 4 aromatic rings. The third-order valence-corrected chi connectivity index (χ3v) is 7.01. The zero-order valence-electron chi connectivity index (χ0n) is 20.7. The highest BCUT2D eigenvalue weighted by Gasteiger charge is 2.21. The maximum atomic E-state index is 13.0. The minimum Gasteiger partial charge on any atom is -0.325 e. The number of carbonyl (C=O) groups excluding carboxylic acids is 1. The Morgan fingerprint density at radius 2 is 1.60 bits per heavy atom. The summed E-state index contributed by atoms with van der Waals surface area (Å²) in [6.07, 6.45) is 6.17. The number of carbonyl (C=O) groups is 1. The molecular weight excluding hydrogens is 454 g/mol. The molecule has 35 heavy (non-hydrogen) atoms. The Bertz CT molecular complexity index is 1290. The Morgan fingerprint density at radius 3 is 2.26 bits per heavy atom. The molecule has 0 bridgehead atoms. The monoisotopic (exact) mass is 485 g/mol. The van der Waals surface area contributed by atoms with Gasteiger partial charge in [0.25, 0.3) is 0 Å². The average molecular weight is 486 g/mol. The largest absolute Gasteiger partial charge is 0.325 e. The van der Waals surface area contributed by atoms with Gasteiger partial charge in [-0.05, 0) is 60.6 Å². The Kier molecular flexibility index (Phi) is 7.98. The molecule has 0 unspecified atom stereocenters. The third-order valence-electron chi connectivity index (χ3n) is 6.08. The molecule has 0 radical (unpaired) electrons. The summed E-state index contributed by atoms with van der Waals surface area (Å²) in [7, 11) is 0. The van der Waals surface area contributed by atoms with Crippen LogP contribution in [0.25, 0.3) is 17.1 Å². The van der Waals surface area contributed by atoms with Crippen molar-refractivity contribution in [3.05, 3.63) is 83.2 Å². The Morgan fingerprint density at radius 1 is 0.914 bits per heavy atom. The summed E-state index contributed by atoms with van der Waals surface area (Å²) in [6, 6.07) is 16.4. The van der Waals surface area contributed by atoms with Gasteiger partial charge >= 0.3 is 0 Å². The number of hydrogen-bond donors (Lipinski definition) is 1. The van der Waals surface area contributed by atoms with Gasteiger partial charge < -0.3 is 5.32 Å². The molecule has 2 aromatic carbocycles. The topological polar surface area (TPSA) is 72.7 Å². The number of thioether (sulfide) groups is 1. The van der Waals surface area contributed by atoms with Crippen molar-refractivity contribution in [1.29, 1.82) is 0 Å². The number of hydrogen-bond acceptors (Lipinski definition) is 5. The van der Waals surface area contributed by atoms with Crippen molar-refractivity contribution in [3.8, 4) is 17.1 Å². The summed E-state index contributed by atoms with van der Waals surface area (Å²) in [6.45, 7) is 8.42. The fourth-order valence-corrected chi connectivity index (χ4v) is 4.99. The number of nitrogens with one attached hydrogen (secondary N) is 1. The average Bonchev–Trinajstić information content (AvgIpc) is 3.32. The second kappa shape index (κ2) is 11.3. The first kappa shape index (κ1) is 24.7. The molecule has 1 N–H and O–H groups in total. The Hall–Kier alpha value is -3.45. The quantitative estimate of drug-likeness (QED) is 0.292. The Balaban J connectivity index is 1.70. The van der Waals surface area contributed by atoms with Crippen LogP contribution in [0.2, 0.25) is 0 Å². The van der Waals surface area contributed by atoms with Crippen LogP contribution >= 0.6 is 11.8 Å². The number of para-hydroxylation sites is 2. The van der Waals surface area contributed by atoms with Crippen LogP contribution in [0.3, 0.4) is 0 Å². The van der Waals surface area contributed by atoms with Crippen LogP contribution in [0, 0.1) is 6.92 Å². The van der Waals surface area contributed by atoms with Gasteiger partial charge in [-0.1, -0.05) is 68.9 Å². The molecule has 2 aromatic heterocycles. The van der Waals surface area contributed by atoms with E-state index in [2.05, 4.69) is 70.1 Å². The van der Waals surface area contributed by atoms with Crippen molar-refractivity contribution >= 4 is 23.4 Å². The van der Waals surface area contributed by atoms with E-state index in [1.54, 1.807) is 12.4 Å². The number of anilines is 1. The van der Waals surface area contributed by atoms with Gasteiger partial charge in [0, 0.05) is 23.6 Å². The molecule has 0 saturated heterocycles. The first-order valence-corrected chi connectivity index (χ1v) is 13.0. The fourth-order valence-electron chi connectivity index (χ4n) is 4.26. The van der Waals surface area contributed by atoms with E-state index in [0.717, 1.165) is 53.2 Å². The van der Waals surface area contributed by atoms with Crippen molar-refractivity contribution in [3.63, 3.8) is 0 Å². The summed E-state index contributed by atoms with van der Waals surface area (Å²) in [5.41, 5.74) is 7.51. The van der Waals surface area contributed by atoms with Gasteiger partial charge in [0.15, 0.2) is 11.0 Å². The zero-order valence-corrected chi connectivity index (χ0v) is 21.5. The van der Waals surface area contributed by atoms with Crippen molar-refractivity contribution in [2.24, 2.45) is 0 Å². The lowest BCUT2D eigenvalue weighted by atomic mass is 10.0. The van der Waals surface area contributed by atoms with Gasteiger partial charge in [-0.15, -0.1) is 10.2 Å². The molecular formula is C28H31N5OS. The van der Waals surface area contributed by atoms with E-state index >= 15 is 0 Å². The van der Waals surface area contributed by atoms with Crippen molar-refractivity contribution < 1.29 is 4.79 Å². The van der Waals surface area contributed by atoms with E-state index in [1.165, 1.54) is 22.9 Å². The number of aryl methyl sites for hydroxylation is 4. The second-order valence-corrected chi connectivity index (χ2v) is 9.26. The molecule has 0 saturated carbocycles. The minimum atomic E-state index is -0.0593. The van der Waals surface area contributed by atoms with Gasteiger partial charge in [-0.2, -0.15) is 0 Å². The van der Waals surface area contributed by atoms with Crippen LogP contribution in [-0.2, 0) is 24.1 Å². The molecule has 0 fully saturated rings. The molecule has 1 amide bonds. The number of pyridine rings is 1. The highest BCUT2D eigenvalue weighted by atomic mass is 32.2. The highest BCUT2D eigenvalue weighted by Crippen LogP contribution is 2.32. The van der Waals surface area contributed by atoms with Crippen LogP contribution < -0.4 is 5.32 Å². The number of nitrogens with zero attached hydrogens (tertiary/aromatic N) is 4. The molecule has 4 rings (SSSR count). The number of aromatic nitrogens is 4. The molecule has 0 spiro atoms. The van der Waals surface area contributed by atoms with E-state index in [4.69, 9.17) is 0 Å². The standard InChI is InChI=1S/C28H31N5OS/c1-5-20-12-8-11-19(4)25(20)30-24(34)18-35-28-32-31-27(23-15-10-16-29-17-23)33(28)26-21(6-2)13-9-14-22(26)7-3/h8-17H,5-7,18H2,1-4H3,(H,30,34). The smallest absolute Gasteiger partial charge is 0.234 e. The molecule has 180 valence electrons. The summed E-state index contributed by atoms with van der Waals surface area (Å²) in [5.74, 6) is 0.901. The molecule has 0 aliphatic rings. The summed E-state index contributed by atoms with van der Waals surface area (Å²) >= 11 is 1.40. The lowest BCUT2D eigenvalue weighted by molar-refractivity contribution is -0.113. The molecule has 6 nitrogen and oxygen atoms in total. The zero-order chi connectivity index (χ0) is 24.8. The van der Waals surface area contributed by atoms with Gasteiger partial charge in [0.2, 0.25) is 5.91 Å². The minimum absolute atomic E-state index is 0.0593. The maximum absolute atomic E-state index is 13.0. The lowest BCUT2D eigenvalue weighted by Gasteiger charge is -2.18. The van der Waals surface area contributed by atoms with E-state index < -0.39 is 0 Å². The van der Waals surface area contributed by atoms with E-state index in [9.17, 15) is 4.79 Å². The van der Waals surface area contributed by atoms with Crippen molar-refractivity contribution in [1.82, 2.24) is 19.7 Å². The molecule has 2 heterocycles. The van der Waals surface area contributed by atoms with E-state index in [0.29, 0.717) is 5.16 Å². The fraction of sp³-hybridized carbons (Fsp3) is 0.286. The predicted octanol–water partition coefficient (Wildman–Crippen LogP) is 6.06. The first-order valence-electron chi connectivity index (χ1n) is 12.0. The maximum Gasteiger partial charge on any atom is 0.234 e. The van der Waals surface area contributed by atoms with E-state index in [1.807, 2.05) is 31.2 Å². The normalized spacial score (nSPS) is 11.0. The number of rotatable bonds is 9. The summed E-state index contributed by atoms with van der Waals surface area (Å²) < 4.78 is 2.10. The van der Waals surface area contributed by atoms with Gasteiger partial charge in [0.1, 0.15) is 0 Å². The third kappa shape index (κ3) is 5.30. The lowest BCUT2D eigenvalue weighted by Crippen LogP contribution is -2.17. The predicted molar refractivity (Wildman–Crippen MR) is 143 cm³/mol. The first-order chi connectivity index (χ1) is 17.1. The van der Waals surface area contributed by atoms with Gasteiger partial charge in [-0.25, -0.2) is 0 Å². The molecule has 0 atom stereocenters. The van der Waals surface area contributed by atoms with Gasteiger partial charge in [-0.3, -0.25) is 14.3 Å². The summed E-state index contributed by atoms with van der Waals surface area (Å²) in [4.78, 5) is 17.3.